The first-order valence-electron chi connectivity index (χ1n) is 7.83. The molecule has 0 saturated carbocycles. The van der Waals surface area contributed by atoms with Crippen LogP contribution in [0.1, 0.15) is 21.5 Å². The normalized spacial score (nSPS) is 11.1. The van der Waals surface area contributed by atoms with Gasteiger partial charge in [-0.2, -0.15) is 0 Å². The number of hydrogen-bond acceptors (Lipinski definition) is 4. The maximum absolute atomic E-state index is 12.1. The molecular weight excluding hydrogens is 340 g/mol. The van der Waals surface area contributed by atoms with E-state index in [2.05, 4.69) is 10.0 Å². The average Bonchev–Trinajstić information content (AvgIpc) is 2.56. The SMILES string of the molecule is Cc1cc(C(=O)NCCOCc2ccccc2)ccc1NS(C)(=O)=O. The highest BCUT2D eigenvalue weighted by Crippen LogP contribution is 2.17. The summed E-state index contributed by atoms with van der Waals surface area (Å²) in [5, 5.41) is 2.78. The van der Waals surface area contributed by atoms with Crippen LogP contribution in [0.3, 0.4) is 0 Å². The molecule has 0 radical (unpaired) electrons. The Morgan fingerprint density at radius 1 is 1.12 bits per heavy atom. The third-order valence-electron chi connectivity index (χ3n) is 3.43. The molecule has 0 saturated heterocycles. The van der Waals surface area contributed by atoms with Crippen molar-refractivity contribution < 1.29 is 17.9 Å². The summed E-state index contributed by atoms with van der Waals surface area (Å²) in [6.07, 6.45) is 1.09. The predicted molar refractivity (Wildman–Crippen MR) is 98.1 cm³/mol. The highest BCUT2D eigenvalue weighted by atomic mass is 32.2. The summed E-state index contributed by atoms with van der Waals surface area (Å²) in [5.41, 5.74) is 2.70. The topological polar surface area (TPSA) is 84.5 Å². The molecule has 0 bridgehead atoms. The van der Waals surface area contributed by atoms with Gasteiger partial charge in [-0.15, -0.1) is 0 Å². The summed E-state index contributed by atoms with van der Waals surface area (Å²) >= 11 is 0. The van der Waals surface area contributed by atoms with Crippen LogP contribution in [0.2, 0.25) is 0 Å². The Morgan fingerprint density at radius 2 is 1.84 bits per heavy atom. The van der Waals surface area contributed by atoms with Crippen LogP contribution in [0.15, 0.2) is 48.5 Å². The van der Waals surface area contributed by atoms with Crippen molar-refractivity contribution in [3.8, 4) is 0 Å². The molecule has 0 aliphatic heterocycles. The lowest BCUT2D eigenvalue weighted by Gasteiger charge is -2.10. The monoisotopic (exact) mass is 362 g/mol. The Balaban J connectivity index is 1.79. The molecule has 7 heteroatoms. The Hall–Kier alpha value is -2.38. The van der Waals surface area contributed by atoms with Crippen LogP contribution in [0.5, 0.6) is 0 Å². The Labute approximate surface area is 148 Å². The largest absolute Gasteiger partial charge is 0.375 e. The van der Waals surface area contributed by atoms with Gasteiger partial charge in [-0.25, -0.2) is 8.42 Å². The number of rotatable bonds is 8. The van der Waals surface area contributed by atoms with Crippen molar-refractivity contribution in [3.05, 3.63) is 65.2 Å². The minimum absolute atomic E-state index is 0.225. The van der Waals surface area contributed by atoms with Gasteiger partial charge < -0.3 is 10.1 Å². The number of carbonyl (C=O) groups is 1. The minimum atomic E-state index is -3.34. The molecule has 0 aromatic heterocycles. The van der Waals surface area contributed by atoms with Gasteiger partial charge in [-0.05, 0) is 36.2 Å². The second-order valence-corrected chi connectivity index (χ2v) is 7.45. The number of amides is 1. The number of anilines is 1. The van der Waals surface area contributed by atoms with Crippen molar-refractivity contribution in [1.29, 1.82) is 0 Å². The highest BCUT2D eigenvalue weighted by Gasteiger charge is 2.09. The van der Waals surface area contributed by atoms with Crippen LogP contribution >= 0.6 is 0 Å². The zero-order valence-electron chi connectivity index (χ0n) is 14.3. The molecule has 6 nitrogen and oxygen atoms in total. The van der Waals surface area contributed by atoms with Crippen molar-refractivity contribution in [2.24, 2.45) is 0 Å². The first-order chi connectivity index (χ1) is 11.8. The molecule has 0 fully saturated rings. The molecule has 2 N–H and O–H groups in total. The van der Waals surface area contributed by atoms with Crippen molar-refractivity contribution in [2.45, 2.75) is 13.5 Å². The van der Waals surface area contributed by atoms with E-state index in [1.54, 1.807) is 25.1 Å². The van der Waals surface area contributed by atoms with Crippen LogP contribution in [0, 0.1) is 6.92 Å². The molecule has 0 unspecified atom stereocenters. The third-order valence-corrected chi connectivity index (χ3v) is 4.02. The number of nitrogens with one attached hydrogen (secondary N) is 2. The average molecular weight is 362 g/mol. The molecule has 2 rings (SSSR count). The highest BCUT2D eigenvalue weighted by molar-refractivity contribution is 7.92. The second kappa shape index (κ2) is 8.64. The number of benzene rings is 2. The standard InChI is InChI=1S/C18H22N2O4S/c1-14-12-16(8-9-17(14)20-25(2,22)23)18(21)19-10-11-24-13-15-6-4-3-5-7-15/h3-9,12,20H,10-11,13H2,1-2H3,(H,19,21). The van der Waals surface area contributed by atoms with Crippen LogP contribution in [0.25, 0.3) is 0 Å². The molecule has 134 valence electrons. The van der Waals surface area contributed by atoms with E-state index in [0.29, 0.717) is 36.6 Å². The Kier molecular flexibility index (Phi) is 6.55. The third kappa shape index (κ3) is 6.56. The lowest BCUT2D eigenvalue weighted by atomic mass is 10.1. The van der Waals surface area contributed by atoms with Gasteiger partial charge in [0.2, 0.25) is 10.0 Å². The van der Waals surface area contributed by atoms with Crippen LogP contribution in [0.4, 0.5) is 5.69 Å². The van der Waals surface area contributed by atoms with Gasteiger partial charge in [0.15, 0.2) is 0 Å². The summed E-state index contributed by atoms with van der Waals surface area (Å²) in [7, 11) is -3.34. The molecule has 0 heterocycles. The zero-order chi connectivity index (χ0) is 18.3. The smallest absolute Gasteiger partial charge is 0.251 e. The zero-order valence-corrected chi connectivity index (χ0v) is 15.1. The van der Waals surface area contributed by atoms with Crippen molar-refractivity contribution in [1.82, 2.24) is 5.32 Å². The molecule has 2 aromatic rings. The molecular formula is C18H22N2O4S. The first-order valence-corrected chi connectivity index (χ1v) is 9.72. The van der Waals surface area contributed by atoms with Gasteiger partial charge in [-0.3, -0.25) is 9.52 Å². The number of ether oxygens (including phenoxy) is 1. The van der Waals surface area contributed by atoms with Crippen molar-refractivity contribution in [2.75, 3.05) is 24.1 Å². The van der Waals surface area contributed by atoms with E-state index in [1.165, 1.54) is 0 Å². The molecule has 0 spiro atoms. The quantitative estimate of drug-likeness (QED) is 0.706. The van der Waals surface area contributed by atoms with Gasteiger partial charge in [0, 0.05) is 12.1 Å². The molecule has 25 heavy (non-hydrogen) atoms. The van der Waals surface area contributed by atoms with E-state index >= 15 is 0 Å². The van der Waals surface area contributed by atoms with E-state index in [4.69, 9.17) is 4.74 Å². The fraction of sp³-hybridized carbons (Fsp3) is 0.278. The summed E-state index contributed by atoms with van der Waals surface area (Å²) in [6.45, 7) is 3.05. The minimum Gasteiger partial charge on any atom is -0.375 e. The van der Waals surface area contributed by atoms with Crippen LogP contribution in [-0.4, -0.2) is 33.7 Å². The van der Waals surface area contributed by atoms with Gasteiger partial charge in [0.1, 0.15) is 0 Å². The molecule has 0 aliphatic carbocycles. The van der Waals surface area contributed by atoms with E-state index < -0.39 is 10.0 Å². The van der Waals surface area contributed by atoms with Crippen LogP contribution in [-0.2, 0) is 21.4 Å². The Bertz CT molecular complexity index is 820. The molecule has 0 aliphatic rings. The van der Waals surface area contributed by atoms with Gasteiger partial charge in [0.25, 0.3) is 5.91 Å². The van der Waals surface area contributed by atoms with Gasteiger partial charge >= 0.3 is 0 Å². The van der Waals surface area contributed by atoms with Gasteiger partial charge in [-0.1, -0.05) is 30.3 Å². The summed E-state index contributed by atoms with van der Waals surface area (Å²) < 4.78 is 30.5. The number of hydrogen-bond donors (Lipinski definition) is 2. The maximum Gasteiger partial charge on any atom is 0.251 e. The predicted octanol–water partition coefficient (Wildman–Crippen LogP) is 2.31. The maximum atomic E-state index is 12.1. The van der Waals surface area contributed by atoms with E-state index in [9.17, 15) is 13.2 Å². The number of sulfonamides is 1. The molecule has 1 amide bonds. The van der Waals surface area contributed by atoms with Gasteiger partial charge in [0.05, 0.1) is 25.2 Å². The van der Waals surface area contributed by atoms with E-state index in [0.717, 1.165) is 11.8 Å². The fourth-order valence-electron chi connectivity index (χ4n) is 2.22. The van der Waals surface area contributed by atoms with E-state index in [-0.39, 0.29) is 5.91 Å². The summed E-state index contributed by atoms with van der Waals surface area (Å²) in [4.78, 5) is 12.1. The van der Waals surface area contributed by atoms with Crippen molar-refractivity contribution in [3.63, 3.8) is 0 Å². The summed E-state index contributed by atoms with van der Waals surface area (Å²) in [5.74, 6) is -0.225. The van der Waals surface area contributed by atoms with Crippen LogP contribution < -0.4 is 10.0 Å². The summed E-state index contributed by atoms with van der Waals surface area (Å²) in [6, 6.07) is 14.6. The molecule has 2 aromatic carbocycles. The fourth-order valence-corrected chi connectivity index (χ4v) is 2.85. The Morgan fingerprint density at radius 3 is 2.48 bits per heavy atom. The van der Waals surface area contributed by atoms with Crippen molar-refractivity contribution >= 4 is 21.6 Å². The number of carbonyl (C=O) groups excluding carboxylic acids is 1. The second-order valence-electron chi connectivity index (χ2n) is 5.70. The van der Waals surface area contributed by atoms with E-state index in [1.807, 2.05) is 30.3 Å². The number of aryl methyl sites for hydroxylation is 1. The lowest BCUT2D eigenvalue weighted by Crippen LogP contribution is -2.27. The lowest BCUT2D eigenvalue weighted by molar-refractivity contribution is 0.0901. The molecule has 0 atom stereocenters. The first kappa shape index (κ1) is 19.0.